The molecule has 0 aliphatic rings. The third kappa shape index (κ3) is 4.00. The van der Waals surface area contributed by atoms with Gasteiger partial charge in [-0.25, -0.2) is 0 Å². The molecule has 10 rings (SSSR count). The first kappa shape index (κ1) is 26.2. The van der Waals surface area contributed by atoms with Gasteiger partial charge in [0.15, 0.2) is 0 Å². The molecule has 0 radical (unpaired) electrons. The fraction of sp³-hybridized carbons (Fsp3) is 0.0455. The zero-order valence-corrected chi connectivity index (χ0v) is 25.9. The van der Waals surface area contributed by atoms with E-state index in [2.05, 4.69) is 156 Å². The number of benzene rings is 7. The smallest absolute Gasteiger partial charge is 0.135 e. The maximum atomic E-state index is 6.15. The first-order valence-corrected chi connectivity index (χ1v) is 16.2. The van der Waals surface area contributed by atoms with Crippen molar-refractivity contribution in [1.82, 2.24) is 9.13 Å². The van der Waals surface area contributed by atoms with E-state index in [4.69, 9.17) is 4.42 Å². The maximum absolute atomic E-state index is 6.15. The summed E-state index contributed by atoms with van der Waals surface area (Å²) in [7, 11) is 0. The number of rotatable bonds is 4. The minimum Gasteiger partial charge on any atom is -0.456 e. The molecule has 0 unspecified atom stereocenters. The number of hydrogen-bond donors (Lipinski definition) is 0. The number of furan rings is 1. The lowest BCUT2D eigenvalue weighted by molar-refractivity contribution is 0.669. The van der Waals surface area contributed by atoms with Crippen molar-refractivity contribution in [2.75, 3.05) is 0 Å². The molecule has 0 bridgehead atoms. The van der Waals surface area contributed by atoms with Crippen LogP contribution in [0.4, 0.5) is 0 Å². The second-order valence-electron chi connectivity index (χ2n) is 12.7. The van der Waals surface area contributed by atoms with Crippen LogP contribution in [0.5, 0.6) is 0 Å². The van der Waals surface area contributed by atoms with Crippen LogP contribution in [-0.4, -0.2) is 9.13 Å². The highest BCUT2D eigenvalue weighted by Crippen LogP contribution is 2.37. The Morgan fingerprint density at radius 2 is 0.979 bits per heavy atom. The molecular weight excluding hydrogens is 572 g/mol. The molecule has 222 valence electrons. The molecule has 0 aliphatic carbocycles. The lowest BCUT2D eigenvalue weighted by Crippen LogP contribution is -1.94. The Morgan fingerprint density at radius 3 is 1.77 bits per heavy atom. The van der Waals surface area contributed by atoms with Gasteiger partial charge in [-0.1, -0.05) is 78.4 Å². The maximum Gasteiger partial charge on any atom is 0.135 e. The largest absolute Gasteiger partial charge is 0.456 e. The summed E-state index contributed by atoms with van der Waals surface area (Å²) in [6.07, 6.45) is 0.863. The molecule has 0 fully saturated rings. The predicted molar refractivity (Wildman–Crippen MR) is 196 cm³/mol. The van der Waals surface area contributed by atoms with Crippen molar-refractivity contribution >= 4 is 65.6 Å². The number of hydrogen-bond acceptors (Lipinski definition) is 1. The van der Waals surface area contributed by atoms with Crippen LogP contribution in [0.15, 0.2) is 156 Å². The molecule has 0 saturated carbocycles. The highest BCUT2D eigenvalue weighted by atomic mass is 16.3. The van der Waals surface area contributed by atoms with Crippen molar-refractivity contribution in [3.8, 4) is 11.4 Å². The van der Waals surface area contributed by atoms with E-state index in [-0.39, 0.29) is 0 Å². The first-order chi connectivity index (χ1) is 23.2. The zero-order valence-electron chi connectivity index (χ0n) is 25.9. The number of para-hydroxylation sites is 3. The standard InChI is InChI=1S/C44H30N2O/c1-28-15-19-40-35(23-28)37-26-30(17-21-42(37)46(40)32-18-22-44-38(27-32)34-12-6-8-14-43(34)47-44)24-29-16-20-41-36(25-29)33-11-5-7-13-39(33)45(41)31-9-3-2-4-10-31/h2-23,25-27H,24H2,1H3. The molecule has 0 saturated heterocycles. The van der Waals surface area contributed by atoms with Gasteiger partial charge >= 0.3 is 0 Å². The van der Waals surface area contributed by atoms with E-state index in [1.54, 1.807) is 0 Å². The Labute approximate surface area is 271 Å². The van der Waals surface area contributed by atoms with Crippen LogP contribution in [0.3, 0.4) is 0 Å². The lowest BCUT2D eigenvalue weighted by Gasteiger charge is -2.09. The number of nitrogens with zero attached hydrogens (tertiary/aromatic N) is 2. The predicted octanol–water partition coefficient (Wildman–Crippen LogP) is 11.7. The summed E-state index contributed by atoms with van der Waals surface area (Å²) in [5.41, 5.74) is 12.9. The monoisotopic (exact) mass is 602 g/mol. The van der Waals surface area contributed by atoms with Gasteiger partial charge in [-0.3, -0.25) is 0 Å². The number of aromatic nitrogens is 2. The molecule has 0 spiro atoms. The van der Waals surface area contributed by atoms with Crippen molar-refractivity contribution < 1.29 is 4.42 Å². The van der Waals surface area contributed by atoms with Gasteiger partial charge in [0.25, 0.3) is 0 Å². The van der Waals surface area contributed by atoms with Gasteiger partial charge in [0.2, 0.25) is 0 Å². The lowest BCUT2D eigenvalue weighted by atomic mass is 10.0. The van der Waals surface area contributed by atoms with Crippen LogP contribution in [0.1, 0.15) is 16.7 Å². The molecule has 3 heterocycles. The minimum absolute atomic E-state index is 0.863. The fourth-order valence-corrected chi connectivity index (χ4v) is 7.65. The van der Waals surface area contributed by atoms with Gasteiger partial charge in [-0.05, 0) is 103 Å². The Morgan fingerprint density at radius 1 is 0.404 bits per heavy atom. The molecule has 7 aromatic carbocycles. The number of aryl methyl sites for hydroxylation is 1. The Kier molecular flexibility index (Phi) is 5.55. The van der Waals surface area contributed by atoms with Crippen LogP contribution >= 0.6 is 0 Å². The second-order valence-corrected chi connectivity index (χ2v) is 12.7. The molecule has 0 N–H and O–H groups in total. The van der Waals surface area contributed by atoms with Gasteiger partial charge < -0.3 is 13.6 Å². The Bertz CT molecular complexity index is 2830. The molecule has 3 heteroatoms. The van der Waals surface area contributed by atoms with E-state index in [1.165, 1.54) is 66.0 Å². The van der Waals surface area contributed by atoms with Crippen molar-refractivity contribution in [2.45, 2.75) is 13.3 Å². The molecule has 3 aromatic heterocycles. The summed E-state index contributed by atoms with van der Waals surface area (Å²) < 4.78 is 10.9. The second kappa shape index (κ2) is 9.97. The molecular formula is C44H30N2O. The third-order valence-electron chi connectivity index (χ3n) is 9.76. The van der Waals surface area contributed by atoms with Crippen LogP contribution in [-0.2, 0) is 6.42 Å². The highest BCUT2D eigenvalue weighted by Gasteiger charge is 2.16. The summed E-state index contributed by atoms with van der Waals surface area (Å²) >= 11 is 0. The Hall–Kier alpha value is -6.06. The normalized spacial score (nSPS) is 12.0. The molecule has 0 amide bonds. The Balaban J connectivity index is 1.11. The van der Waals surface area contributed by atoms with Gasteiger partial charge in [0.1, 0.15) is 11.2 Å². The number of fused-ring (bicyclic) bond motifs is 9. The van der Waals surface area contributed by atoms with Gasteiger partial charge in [-0.15, -0.1) is 0 Å². The molecule has 47 heavy (non-hydrogen) atoms. The van der Waals surface area contributed by atoms with E-state index < -0.39 is 0 Å². The zero-order chi connectivity index (χ0) is 31.1. The van der Waals surface area contributed by atoms with Crippen molar-refractivity contribution in [1.29, 1.82) is 0 Å². The molecule has 0 aliphatic heterocycles. The van der Waals surface area contributed by atoms with Crippen LogP contribution in [0.25, 0.3) is 76.9 Å². The van der Waals surface area contributed by atoms with E-state index in [1.807, 2.05) is 12.1 Å². The van der Waals surface area contributed by atoms with E-state index >= 15 is 0 Å². The summed E-state index contributed by atoms with van der Waals surface area (Å²) in [6.45, 7) is 2.18. The minimum atomic E-state index is 0.863. The third-order valence-corrected chi connectivity index (χ3v) is 9.76. The molecule has 10 aromatic rings. The summed E-state index contributed by atoms with van der Waals surface area (Å²) in [5, 5.41) is 7.41. The fourth-order valence-electron chi connectivity index (χ4n) is 7.65. The van der Waals surface area contributed by atoms with Gasteiger partial charge in [0, 0.05) is 43.7 Å². The molecule has 0 atom stereocenters. The quantitative estimate of drug-likeness (QED) is 0.196. The average molecular weight is 603 g/mol. The average Bonchev–Trinajstić information content (AvgIpc) is 3.75. The topological polar surface area (TPSA) is 23.0 Å². The molecule has 3 nitrogen and oxygen atoms in total. The van der Waals surface area contributed by atoms with Gasteiger partial charge in [0.05, 0.1) is 22.1 Å². The van der Waals surface area contributed by atoms with Crippen molar-refractivity contribution in [2.24, 2.45) is 0 Å². The van der Waals surface area contributed by atoms with E-state index in [0.717, 1.165) is 34.0 Å². The SMILES string of the molecule is Cc1ccc2c(c1)c1cc(Cc3ccc4c(c3)c3ccccc3n4-c3ccccc3)ccc1n2-c1ccc2oc3ccccc3c2c1. The van der Waals surface area contributed by atoms with Crippen LogP contribution in [0, 0.1) is 6.92 Å². The van der Waals surface area contributed by atoms with Crippen LogP contribution in [0.2, 0.25) is 0 Å². The first-order valence-electron chi connectivity index (χ1n) is 16.2. The highest BCUT2D eigenvalue weighted by molar-refractivity contribution is 6.11. The summed E-state index contributed by atoms with van der Waals surface area (Å²) in [6, 6.07) is 55.0. The van der Waals surface area contributed by atoms with Crippen LogP contribution < -0.4 is 0 Å². The van der Waals surface area contributed by atoms with E-state index in [9.17, 15) is 0 Å². The van der Waals surface area contributed by atoms with Crippen molar-refractivity contribution in [3.63, 3.8) is 0 Å². The van der Waals surface area contributed by atoms with E-state index in [0.29, 0.717) is 0 Å². The van der Waals surface area contributed by atoms with Gasteiger partial charge in [-0.2, -0.15) is 0 Å². The van der Waals surface area contributed by atoms with Crippen molar-refractivity contribution in [3.05, 3.63) is 168 Å². The summed E-state index contributed by atoms with van der Waals surface area (Å²) in [4.78, 5) is 0. The summed E-state index contributed by atoms with van der Waals surface area (Å²) in [5.74, 6) is 0.